The molecule has 0 aliphatic heterocycles. The predicted molar refractivity (Wildman–Crippen MR) is 71.5 cm³/mol. The van der Waals surface area contributed by atoms with Crippen molar-refractivity contribution in [3.8, 4) is 0 Å². The van der Waals surface area contributed by atoms with Gasteiger partial charge in [-0.2, -0.15) is 11.8 Å². The number of ketones is 1. The fourth-order valence-corrected chi connectivity index (χ4v) is 1.94. The summed E-state index contributed by atoms with van der Waals surface area (Å²) in [5.74, 6) is 1.19. The second-order valence-corrected chi connectivity index (χ2v) is 4.63. The molecule has 0 fully saturated rings. The maximum Gasteiger partial charge on any atom is 0.221 e. The molecule has 0 bridgehead atoms. The van der Waals surface area contributed by atoms with Gasteiger partial charge < -0.3 is 11.1 Å². The van der Waals surface area contributed by atoms with E-state index >= 15 is 0 Å². The molecule has 1 rings (SSSR count). The summed E-state index contributed by atoms with van der Waals surface area (Å²) in [5, 5.41) is 2.65. The lowest BCUT2D eigenvalue weighted by atomic mass is 10.1. The molecule has 0 saturated heterocycles. The number of thioether (sulfide) groups is 1. The van der Waals surface area contributed by atoms with E-state index in [0.29, 0.717) is 23.5 Å². The van der Waals surface area contributed by atoms with Crippen molar-refractivity contribution in [3.05, 3.63) is 29.8 Å². The fraction of sp³-hybridized carbons (Fsp3) is 0.333. The van der Waals surface area contributed by atoms with Crippen LogP contribution in [-0.2, 0) is 4.79 Å². The average Bonchev–Trinajstić information content (AvgIpc) is 2.29. The van der Waals surface area contributed by atoms with Crippen molar-refractivity contribution in [1.29, 1.82) is 0 Å². The van der Waals surface area contributed by atoms with E-state index in [9.17, 15) is 9.59 Å². The van der Waals surface area contributed by atoms with E-state index in [0.717, 1.165) is 5.75 Å². The van der Waals surface area contributed by atoms with Crippen LogP contribution in [0.2, 0.25) is 0 Å². The summed E-state index contributed by atoms with van der Waals surface area (Å²) in [6, 6.07) is 6.89. The number of carbonyl (C=O) groups is 2. The third-order valence-corrected chi connectivity index (χ3v) is 3.01. The first-order chi connectivity index (χ1) is 8.13. The number of nitrogens with one attached hydrogen (secondary N) is 1. The minimum Gasteiger partial charge on any atom is -0.330 e. The molecule has 0 atom stereocenters. The lowest BCUT2D eigenvalue weighted by Crippen LogP contribution is -2.08. The lowest BCUT2D eigenvalue weighted by molar-refractivity contribution is -0.114. The second-order valence-electron chi connectivity index (χ2n) is 3.52. The van der Waals surface area contributed by atoms with Gasteiger partial charge in [-0.15, -0.1) is 0 Å². The molecule has 17 heavy (non-hydrogen) atoms. The highest BCUT2D eigenvalue weighted by Gasteiger charge is 2.05. The van der Waals surface area contributed by atoms with Crippen molar-refractivity contribution >= 4 is 29.1 Å². The number of hydrogen-bond acceptors (Lipinski definition) is 4. The summed E-state index contributed by atoms with van der Waals surface area (Å²) >= 11 is 1.53. The largest absolute Gasteiger partial charge is 0.330 e. The van der Waals surface area contributed by atoms with Crippen molar-refractivity contribution in [1.82, 2.24) is 0 Å². The van der Waals surface area contributed by atoms with Crippen LogP contribution in [0.4, 0.5) is 5.69 Å². The highest BCUT2D eigenvalue weighted by Crippen LogP contribution is 2.12. The molecule has 1 aromatic carbocycles. The topological polar surface area (TPSA) is 72.2 Å². The Kier molecular flexibility index (Phi) is 5.72. The molecule has 0 heterocycles. The molecule has 0 aliphatic rings. The lowest BCUT2D eigenvalue weighted by Gasteiger charge is -2.04. The van der Waals surface area contributed by atoms with Crippen molar-refractivity contribution in [3.63, 3.8) is 0 Å². The van der Waals surface area contributed by atoms with Crippen LogP contribution < -0.4 is 11.1 Å². The van der Waals surface area contributed by atoms with E-state index in [1.807, 2.05) is 0 Å². The molecule has 92 valence electrons. The van der Waals surface area contributed by atoms with Crippen molar-refractivity contribution in [2.24, 2.45) is 5.73 Å². The van der Waals surface area contributed by atoms with Crippen LogP contribution in [0.1, 0.15) is 17.3 Å². The zero-order valence-electron chi connectivity index (χ0n) is 9.73. The van der Waals surface area contributed by atoms with Gasteiger partial charge in [-0.3, -0.25) is 9.59 Å². The number of carbonyl (C=O) groups excluding carboxylic acids is 2. The number of Topliss-reactive ketones (excluding diaryl/α,β-unsaturated/α-hetero) is 1. The number of nitrogens with two attached hydrogens (primary N) is 1. The summed E-state index contributed by atoms with van der Waals surface area (Å²) in [4.78, 5) is 22.5. The van der Waals surface area contributed by atoms with E-state index in [1.54, 1.807) is 24.3 Å². The molecule has 1 aromatic rings. The minimum absolute atomic E-state index is 0.0813. The van der Waals surface area contributed by atoms with Crippen LogP contribution in [0.15, 0.2) is 24.3 Å². The monoisotopic (exact) mass is 252 g/mol. The summed E-state index contributed by atoms with van der Waals surface area (Å²) < 4.78 is 0. The number of benzene rings is 1. The van der Waals surface area contributed by atoms with E-state index in [4.69, 9.17) is 5.73 Å². The van der Waals surface area contributed by atoms with Gasteiger partial charge in [0.25, 0.3) is 0 Å². The van der Waals surface area contributed by atoms with Crippen LogP contribution in [-0.4, -0.2) is 29.7 Å². The molecule has 3 N–H and O–H groups in total. The van der Waals surface area contributed by atoms with Gasteiger partial charge in [0.15, 0.2) is 5.78 Å². The van der Waals surface area contributed by atoms with Gasteiger partial charge in [-0.1, -0.05) is 0 Å². The summed E-state index contributed by atoms with van der Waals surface area (Å²) in [6.45, 7) is 2.03. The maximum absolute atomic E-state index is 11.7. The quantitative estimate of drug-likeness (QED) is 0.595. The van der Waals surface area contributed by atoms with Crippen LogP contribution in [0.3, 0.4) is 0 Å². The van der Waals surface area contributed by atoms with Gasteiger partial charge in [0, 0.05) is 30.5 Å². The molecule has 1 amide bonds. The Labute approximate surface area is 105 Å². The van der Waals surface area contributed by atoms with Crippen molar-refractivity contribution in [2.45, 2.75) is 6.92 Å². The van der Waals surface area contributed by atoms with Crippen LogP contribution in [0.5, 0.6) is 0 Å². The van der Waals surface area contributed by atoms with Crippen LogP contribution in [0.25, 0.3) is 0 Å². The first-order valence-corrected chi connectivity index (χ1v) is 6.47. The first-order valence-electron chi connectivity index (χ1n) is 5.32. The Morgan fingerprint density at radius 3 is 2.47 bits per heavy atom. The molecule has 0 aliphatic carbocycles. The number of amides is 1. The Bertz CT molecular complexity index is 390. The molecular formula is C12H16N2O2S. The number of anilines is 1. The van der Waals surface area contributed by atoms with E-state index in [2.05, 4.69) is 5.32 Å². The Balaban J connectivity index is 2.54. The molecule has 4 nitrogen and oxygen atoms in total. The van der Waals surface area contributed by atoms with Crippen LogP contribution in [0, 0.1) is 0 Å². The second kappa shape index (κ2) is 7.09. The third kappa shape index (κ3) is 5.01. The zero-order valence-corrected chi connectivity index (χ0v) is 10.5. The molecule has 5 heteroatoms. The van der Waals surface area contributed by atoms with Crippen molar-refractivity contribution in [2.75, 3.05) is 23.4 Å². The minimum atomic E-state index is -0.123. The van der Waals surface area contributed by atoms with Gasteiger partial charge >= 0.3 is 0 Å². The first kappa shape index (κ1) is 13.7. The van der Waals surface area contributed by atoms with Crippen LogP contribution >= 0.6 is 11.8 Å². The van der Waals surface area contributed by atoms with Gasteiger partial charge in [0.2, 0.25) is 5.91 Å². The highest BCUT2D eigenvalue weighted by atomic mass is 32.2. The smallest absolute Gasteiger partial charge is 0.221 e. The standard InChI is InChI=1S/C12H16N2O2S/c1-9(15)14-11-4-2-10(3-5-11)12(16)8-17-7-6-13/h2-5H,6-8,13H2,1H3,(H,14,15). The van der Waals surface area contributed by atoms with Crippen molar-refractivity contribution < 1.29 is 9.59 Å². The Morgan fingerprint density at radius 2 is 1.94 bits per heavy atom. The Hall–Kier alpha value is -1.33. The van der Waals surface area contributed by atoms with E-state index in [1.165, 1.54) is 18.7 Å². The molecule has 0 saturated carbocycles. The third-order valence-electron chi connectivity index (χ3n) is 2.02. The molecule has 0 spiro atoms. The predicted octanol–water partition coefficient (Wildman–Crippen LogP) is 1.52. The van der Waals surface area contributed by atoms with Gasteiger partial charge in [0.05, 0.1) is 5.75 Å². The summed E-state index contributed by atoms with van der Waals surface area (Å²) in [7, 11) is 0. The molecule has 0 unspecified atom stereocenters. The zero-order chi connectivity index (χ0) is 12.7. The number of hydrogen-bond donors (Lipinski definition) is 2. The van der Waals surface area contributed by atoms with Gasteiger partial charge in [0.1, 0.15) is 0 Å². The maximum atomic E-state index is 11.7. The summed E-state index contributed by atoms with van der Waals surface area (Å²) in [5.41, 5.74) is 6.70. The molecule has 0 aromatic heterocycles. The molecular weight excluding hydrogens is 236 g/mol. The van der Waals surface area contributed by atoms with E-state index < -0.39 is 0 Å². The SMILES string of the molecule is CC(=O)Nc1ccc(C(=O)CSCCN)cc1. The number of rotatable bonds is 6. The molecule has 0 radical (unpaired) electrons. The average molecular weight is 252 g/mol. The highest BCUT2D eigenvalue weighted by molar-refractivity contribution is 8.00. The van der Waals surface area contributed by atoms with Gasteiger partial charge in [-0.25, -0.2) is 0 Å². The summed E-state index contributed by atoms with van der Waals surface area (Å²) in [6.07, 6.45) is 0. The fourth-order valence-electron chi connectivity index (χ4n) is 1.27. The van der Waals surface area contributed by atoms with E-state index in [-0.39, 0.29) is 11.7 Å². The Morgan fingerprint density at radius 1 is 1.29 bits per heavy atom. The van der Waals surface area contributed by atoms with Gasteiger partial charge in [-0.05, 0) is 24.3 Å². The normalized spacial score (nSPS) is 10.0.